The van der Waals surface area contributed by atoms with Crippen LogP contribution in [0.15, 0.2) is 40.9 Å². The molecule has 0 spiro atoms. The van der Waals surface area contributed by atoms with Crippen molar-refractivity contribution in [2.24, 2.45) is 4.99 Å². The fourth-order valence-corrected chi connectivity index (χ4v) is 3.08. The molecule has 1 aliphatic heterocycles. The molecule has 2 aliphatic rings. The highest BCUT2D eigenvalue weighted by Crippen LogP contribution is 2.27. The molecule has 0 atom stereocenters. The van der Waals surface area contributed by atoms with E-state index in [2.05, 4.69) is 15.1 Å². The van der Waals surface area contributed by atoms with Crippen molar-refractivity contribution in [2.45, 2.75) is 25.7 Å². The van der Waals surface area contributed by atoms with Gasteiger partial charge in [-0.3, -0.25) is 4.99 Å². The normalized spacial score (nSPS) is 16.2. The number of hydrogen-bond acceptors (Lipinski definition) is 8. The van der Waals surface area contributed by atoms with Crippen molar-refractivity contribution in [1.29, 1.82) is 5.26 Å². The zero-order valence-corrected chi connectivity index (χ0v) is 14.5. The van der Waals surface area contributed by atoms with Crippen molar-refractivity contribution in [3.05, 3.63) is 47.1 Å². The molecule has 2 aromatic heterocycles. The van der Waals surface area contributed by atoms with Gasteiger partial charge in [-0.05, 0) is 18.9 Å². The number of carbonyl (C=O) groups excluding carboxylic acids is 1. The van der Waals surface area contributed by atoms with Crippen LogP contribution in [0.25, 0.3) is 5.65 Å². The minimum atomic E-state index is -0.629. The van der Waals surface area contributed by atoms with Crippen molar-refractivity contribution >= 4 is 23.6 Å². The molecule has 9 nitrogen and oxygen atoms in total. The van der Waals surface area contributed by atoms with Crippen molar-refractivity contribution in [3.8, 4) is 6.07 Å². The predicted molar refractivity (Wildman–Crippen MR) is 97.3 cm³/mol. The summed E-state index contributed by atoms with van der Waals surface area (Å²) in [7, 11) is 0. The highest BCUT2D eigenvalue weighted by atomic mass is 16.7. The smallest absolute Gasteiger partial charge is 0.370 e. The number of nitrogen functional groups attached to an aromatic ring is 1. The predicted octanol–water partition coefficient (Wildman–Crippen LogP) is 1.79. The van der Waals surface area contributed by atoms with Gasteiger partial charge in [-0.25, -0.2) is 19.4 Å². The number of hydroxylamine groups is 2. The maximum absolute atomic E-state index is 12.8. The third-order valence-corrected chi connectivity index (χ3v) is 4.33. The lowest BCUT2D eigenvalue weighted by molar-refractivity contribution is -0.0789. The average Bonchev–Trinajstić information content (AvgIpc) is 2.86. The molecule has 0 radical (unpaired) electrons. The SMILES string of the molecule is N#CCc1cnc2c(C(=O)ON3CCC=NC4=C3C=CCC4)c(N)nn2c1. The fraction of sp³-hybridized carbons (Fsp3) is 0.278. The van der Waals surface area contributed by atoms with Crippen LogP contribution in [0.4, 0.5) is 5.82 Å². The number of rotatable bonds is 3. The van der Waals surface area contributed by atoms with Crippen LogP contribution in [0.2, 0.25) is 0 Å². The van der Waals surface area contributed by atoms with Crippen molar-refractivity contribution in [3.63, 3.8) is 0 Å². The van der Waals surface area contributed by atoms with Gasteiger partial charge in [0.2, 0.25) is 0 Å². The van der Waals surface area contributed by atoms with Gasteiger partial charge < -0.3 is 10.6 Å². The van der Waals surface area contributed by atoms with Gasteiger partial charge in [0.15, 0.2) is 17.0 Å². The number of hydrogen-bond donors (Lipinski definition) is 1. The zero-order valence-electron chi connectivity index (χ0n) is 14.5. The number of carbonyl (C=O) groups is 1. The summed E-state index contributed by atoms with van der Waals surface area (Å²) in [6, 6.07) is 2.05. The summed E-state index contributed by atoms with van der Waals surface area (Å²) in [5.41, 5.74) is 8.69. The third-order valence-electron chi connectivity index (χ3n) is 4.33. The van der Waals surface area contributed by atoms with E-state index in [-0.39, 0.29) is 17.8 Å². The van der Waals surface area contributed by atoms with E-state index < -0.39 is 5.97 Å². The molecule has 2 aromatic rings. The Kier molecular flexibility index (Phi) is 4.30. The van der Waals surface area contributed by atoms with Crippen molar-refractivity contribution < 1.29 is 9.63 Å². The molecule has 0 bridgehead atoms. The Morgan fingerprint density at radius 1 is 1.41 bits per heavy atom. The molecule has 0 fully saturated rings. The van der Waals surface area contributed by atoms with Crippen molar-refractivity contribution in [1.82, 2.24) is 19.7 Å². The highest BCUT2D eigenvalue weighted by molar-refractivity contribution is 6.00. The minimum absolute atomic E-state index is 0.0288. The number of allylic oxidation sites excluding steroid dienone is 3. The molecular formula is C18H17N7O2. The standard InChI is InChI=1S/C18H17N7O2/c19-7-6-12-10-22-17-15(16(20)23-24(17)11-12)18(26)27-25-9-3-8-21-13-4-1-2-5-14(13)25/h2,5,8,10-11H,1,3-4,6,9H2,(H2,20,23). The first-order valence-corrected chi connectivity index (χ1v) is 8.59. The van der Waals surface area contributed by atoms with E-state index in [4.69, 9.17) is 15.8 Å². The van der Waals surface area contributed by atoms with E-state index in [1.807, 2.05) is 24.4 Å². The summed E-state index contributed by atoms with van der Waals surface area (Å²) < 4.78 is 1.40. The number of nitrogens with two attached hydrogens (primary N) is 1. The van der Waals surface area contributed by atoms with Crippen LogP contribution in [0.1, 0.15) is 35.2 Å². The first-order chi connectivity index (χ1) is 13.2. The largest absolute Gasteiger partial charge is 0.381 e. The fourth-order valence-electron chi connectivity index (χ4n) is 3.08. The third kappa shape index (κ3) is 3.13. The number of anilines is 1. The molecule has 2 N–H and O–H groups in total. The lowest BCUT2D eigenvalue weighted by atomic mass is 10.1. The first kappa shape index (κ1) is 16.8. The summed E-state index contributed by atoms with van der Waals surface area (Å²) in [4.78, 5) is 27.1. The summed E-state index contributed by atoms with van der Waals surface area (Å²) in [6.07, 6.45) is 11.5. The van der Waals surface area contributed by atoms with Gasteiger partial charge in [0.1, 0.15) is 0 Å². The lowest BCUT2D eigenvalue weighted by Gasteiger charge is -2.24. The summed E-state index contributed by atoms with van der Waals surface area (Å²) in [5.74, 6) is -0.600. The number of fused-ring (bicyclic) bond motifs is 1. The second kappa shape index (κ2) is 6.92. The van der Waals surface area contributed by atoms with Crippen LogP contribution in [-0.2, 0) is 11.3 Å². The second-order valence-electron chi connectivity index (χ2n) is 6.18. The number of nitriles is 1. The van der Waals surface area contributed by atoms with E-state index in [9.17, 15) is 4.79 Å². The summed E-state index contributed by atoms with van der Waals surface area (Å²) >= 11 is 0. The molecule has 0 aromatic carbocycles. The topological polar surface area (TPSA) is 122 Å². The van der Waals surface area contributed by atoms with Crippen LogP contribution >= 0.6 is 0 Å². The minimum Gasteiger partial charge on any atom is -0.381 e. The van der Waals surface area contributed by atoms with Crippen LogP contribution in [0.3, 0.4) is 0 Å². The van der Waals surface area contributed by atoms with Gasteiger partial charge in [0.05, 0.1) is 30.4 Å². The zero-order chi connectivity index (χ0) is 18.8. The maximum atomic E-state index is 12.8. The Hall–Kier alpha value is -3.67. The van der Waals surface area contributed by atoms with Gasteiger partial charge in [-0.1, -0.05) is 6.08 Å². The highest BCUT2D eigenvalue weighted by Gasteiger charge is 2.26. The molecule has 4 rings (SSSR count). The molecule has 0 unspecified atom stereocenters. The van der Waals surface area contributed by atoms with Gasteiger partial charge in [-0.15, -0.1) is 5.10 Å². The average molecular weight is 363 g/mol. The molecule has 27 heavy (non-hydrogen) atoms. The van der Waals surface area contributed by atoms with Gasteiger partial charge >= 0.3 is 5.97 Å². The molecule has 0 saturated heterocycles. The Balaban J connectivity index is 1.64. The Morgan fingerprint density at radius 3 is 3.15 bits per heavy atom. The number of aliphatic imine (C=N–C) groups is 1. The first-order valence-electron chi connectivity index (χ1n) is 8.59. The van der Waals surface area contributed by atoms with Gasteiger partial charge in [0.25, 0.3) is 0 Å². The van der Waals surface area contributed by atoms with Gasteiger partial charge in [0, 0.05) is 30.6 Å². The Labute approximate surface area is 155 Å². The maximum Gasteiger partial charge on any atom is 0.370 e. The number of aromatic nitrogens is 3. The molecule has 1 aliphatic carbocycles. The van der Waals surface area contributed by atoms with Crippen LogP contribution in [-0.4, -0.2) is 38.4 Å². The quantitative estimate of drug-likeness (QED) is 0.882. The van der Waals surface area contributed by atoms with Crippen LogP contribution in [0.5, 0.6) is 0 Å². The van der Waals surface area contributed by atoms with Crippen molar-refractivity contribution in [2.75, 3.05) is 12.3 Å². The molecule has 9 heteroatoms. The Bertz CT molecular complexity index is 1040. The molecule has 3 heterocycles. The van der Waals surface area contributed by atoms with E-state index in [0.717, 1.165) is 24.2 Å². The van der Waals surface area contributed by atoms with E-state index >= 15 is 0 Å². The summed E-state index contributed by atoms with van der Waals surface area (Å²) in [5, 5.41) is 14.5. The van der Waals surface area contributed by atoms with E-state index in [1.54, 1.807) is 11.3 Å². The molecule has 0 amide bonds. The van der Waals surface area contributed by atoms with E-state index in [0.29, 0.717) is 24.2 Å². The summed E-state index contributed by atoms with van der Waals surface area (Å²) in [6.45, 7) is 0.497. The second-order valence-corrected chi connectivity index (χ2v) is 6.18. The number of nitrogens with zero attached hydrogens (tertiary/aromatic N) is 6. The molecule has 136 valence electrons. The van der Waals surface area contributed by atoms with Crippen LogP contribution in [0, 0.1) is 11.3 Å². The molecule has 0 saturated carbocycles. The van der Waals surface area contributed by atoms with E-state index in [1.165, 1.54) is 10.7 Å². The monoisotopic (exact) mass is 363 g/mol. The van der Waals surface area contributed by atoms with Crippen LogP contribution < -0.4 is 5.73 Å². The Morgan fingerprint density at radius 2 is 2.30 bits per heavy atom. The lowest BCUT2D eigenvalue weighted by Crippen LogP contribution is -2.28. The molecular weight excluding hydrogens is 346 g/mol. The van der Waals surface area contributed by atoms with Gasteiger partial charge in [-0.2, -0.15) is 5.26 Å².